The van der Waals surface area contributed by atoms with Gasteiger partial charge in [0.05, 0.1) is 0 Å². The molecule has 0 saturated heterocycles. The number of carbonyl (C=O) groups is 1. The van der Waals surface area contributed by atoms with E-state index < -0.39 is 5.97 Å². The summed E-state index contributed by atoms with van der Waals surface area (Å²) in [5, 5.41) is 8.38. The summed E-state index contributed by atoms with van der Waals surface area (Å²) < 4.78 is 0. The molecule has 0 unspecified atom stereocenters. The minimum absolute atomic E-state index is 0.931. The SMILES string of the molecule is CCCCCCCCC\C=C/C=C/C=C/C=C/C=C/C(=O)O. The Labute approximate surface area is 135 Å². The van der Waals surface area contributed by atoms with Crippen molar-refractivity contribution in [1.29, 1.82) is 0 Å². The van der Waals surface area contributed by atoms with Crippen molar-refractivity contribution in [2.45, 2.75) is 58.3 Å². The topological polar surface area (TPSA) is 37.3 Å². The van der Waals surface area contributed by atoms with Crippen molar-refractivity contribution in [3.05, 3.63) is 60.8 Å². The number of rotatable bonds is 13. The standard InChI is InChI=1S/C20H30O2/c1-2-3-4-5-6-7-8-9-10-11-12-13-14-15-16-17-18-19-20(21)22/h10-19H,2-9H2,1H3,(H,21,22)/b11-10-,13-12+,15-14+,17-16+,19-18+. The molecule has 0 amide bonds. The molecule has 0 atom stereocenters. The van der Waals surface area contributed by atoms with E-state index in [1.807, 2.05) is 24.3 Å². The summed E-state index contributed by atoms with van der Waals surface area (Å²) in [4.78, 5) is 10.2. The minimum atomic E-state index is -0.931. The second kappa shape index (κ2) is 17.2. The molecule has 1 N–H and O–H groups in total. The lowest BCUT2D eigenvalue weighted by atomic mass is 10.1. The summed E-state index contributed by atoms with van der Waals surface area (Å²) in [6, 6.07) is 0. The first kappa shape index (κ1) is 20.2. The number of unbranched alkanes of at least 4 members (excludes halogenated alkanes) is 7. The van der Waals surface area contributed by atoms with Gasteiger partial charge in [-0.25, -0.2) is 4.79 Å². The molecular formula is C20H30O2. The van der Waals surface area contributed by atoms with Gasteiger partial charge in [-0.3, -0.25) is 0 Å². The molecule has 0 radical (unpaired) electrons. The van der Waals surface area contributed by atoms with Gasteiger partial charge in [0.2, 0.25) is 0 Å². The number of hydrogen-bond donors (Lipinski definition) is 1. The third kappa shape index (κ3) is 18.2. The van der Waals surface area contributed by atoms with Crippen LogP contribution in [0, 0.1) is 0 Å². The monoisotopic (exact) mass is 302 g/mol. The van der Waals surface area contributed by atoms with Crippen LogP contribution in [0.3, 0.4) is 0 Å². The normalized spacial score (nSPS) is 12.8. The molecule has 0 rings (SSSR count). The molecule has 0 aromatic carbocycles. The van der Waals surface area contributed by atoms with Crippen LogP contribution in [0.2, 0.25) is 0 Å². The molecule has 22 heavy (non-hydrogen) atoms. The van der Waals surface area contributed by atoms with E-state index in [0.717, 1.165) is 12.5 Å². The number of carboxylic acids is 1. The maximum Gasteiger partial charge on any atom is 0.328 e. The summed E-state index contributed by atoms with van der Waals surface area (Å²) in [5.74, 6) is -0.931. The van der Waals surface area contributed by atoms with Gasteiger partial charge in [0.25, 0.3) is 0 Å². The average Bonchev–Trinajstić information content (AvgIpc) is 2.50. The predicted octanol–water partition coefficient (Wildman–Crippen LogP) is 5.99. The molecular weight excluding hydrogens is 272 g/mol. The zero-order valence-electron chi connectivity index (χ0n) is 13.8. The van der Waals surface area contributed by atoms with E-state index in [2.05, 4.69) is 19.1 Å². The average molecular weight is 302 g/mol. The summed E-state index contributed by atoms with van der Waals surface area (Å²) in [6.45, 7) is 2.25. The van der Waals surface area contributed by atoms with Gasteiger partial charge in [-0.05, 0) is 12.8 Å². The Morgan fingerprint density at radius 1 is 0.727 bits per heavy atom. The van der Waals surface area contributed by atoms with Crippen LogP contribution >= 0.6 is 0 Å². The van der Waals surface area contributed by atoms with E-state index >= 15 is 0 Å². The van der Waals surface area contributed by atoms with Gasteiger partial charge >= 0.3 is 5.97 Å². The number of aliphatic carboxylic acids is 1. The van der Waals surface area contributed by atoms with E-state index in [9.17, 15) is 4.79 Å². The minimum Gasteiger partial charge on any atom is -0.478 e. The third-order valence-electron chi connectivity index (χ3n) is 3.13. The van der Waals surface area contributed by atoms with E-state index in [-0.39, 0.29) is 0 Å². The van der Waals surface area contributed by atoms with Gasteiger partial charge < -0.3 is 5.11 Å². The molecule has 0 aliphatic heterocycles. The molecule has 0 aromatic heterocycles. The van der Waals surface area contributed by atoms with Crippen LogP contribution in [0.15, 0.2) is 60.8 Å². The van der Waals surface area contributed by atoms with Gasteiger partial charge in [0.15, 0.2) is 0 Å². The first-order chi connectivity index (χ1) is 10.8. The van der Waals surface area contributed by atoms with E-state index in [1.165, 1.54) is 51.0 Å². The largest absolute Gasteiger partial charge is 0.478 e. The summed E-state index contributed by atoms with van der Waals surface area (Å²) >= 11 is 0. The Hall–Kier alpha value is -1.83. The zero-order chi connectivity index (χ0) is 16.3. The molecule has 0 aliphatic rings. The Kier molecular flexibility index (Phi) is 15.8. The summed E-state index contributed by atoms with van der Waals surface area (Å²) in [7, 11) is 0. The van der Waals surface area contributed by atoms with Gasteiger partial charge in [0, 0.05) is 6.08 Å². The fraction of sp³-hybridized carbons (Fsp3) is 0.450. The van der Waals surface area contributed by atoms with Crippen molar-refractivity contribution in [3.8, 4) is 0 Å². The molecule has 0 fully saturated rings. The molecule has 0 aliphatic carbocycles. The maximum absolute atomic E-state index is 10.2. The van der Waals surface area contributed by atoms with Crippen molar-refractivity contribution in [2.24, 2.45) is 0 Å². The Morgan fingerprint density at radius 2 is 1.23 bits per heavy atom. The molecule has 0 saturated carbocycles. The van der Waals surface area contributed by atoms with Crippen LogP contribution in [0.5, 0.6) is 0 Å². The first-order valence-electron chi connectivity index (χ1n) is 8.33. The smallest absolute Gasteiger partial charge is 0.328 e. The molecule has 2 nitrogen and oxygen atoms in total. The van der Waals surface area contributed by atoms with Gasteiger partial charge in [0.1, 0.15) is 0 Å². The summed E-state index contributed by atoms with van der Waals surface area (Å²) in [5.41, 5.74) is 0. The Bertz CT molecular complexity index is 398. The third-order valence-corrected chi connectivity index (χ3v) is 3.13. The molecule has 0 aromatic rings. The van der Waals surface area contributed by atoms with Gasteiger partial charge in [-0.1, -0.05) is 100 Å². The summed E-state index contributed by atoms with van der Waals surface area (Å²) in [6.07, 6.45) is 28.8. The van der Waals surface area contributed by atoms with Crippen LogP contribution in [0.4, 0.5) is 0 Å². The molecule has 0 heterocycles. The lowest BCUT2D eigenvalue weighted by Crippen LogP contribution is -1.84. The van der Waals surface area contributed by atoms with Crippen molar-refractivity contribution in [2.75, 3.05) is 0 Å². The molecule has 0 spiro atoms. The fourth-order valence-corrected chi connectivity index (χ4v) is 1.92. The van der Waals surface area contributed by atoms with E-state index in [1.54, 1.807) is 12.2 Å². The van der Waals surface area contributed by atoms with Crippen LogP contribution in [-0.4, -0.2) is 11.1 Å². The number of allylic oxidation sites excluding steroid dienone is 9. The second-order valence-electron chi connectivity index (χ2n) is 5.19. The number of carboxylic acid groups (broad SMARTS) is 1. The van der Waals surface area contributed by atoms with E-state index in [0.29, 0.717) is 0 Å². The highest BCUT2D eigenvalue weighted by atomic mass is 16.4. The van der Waals surface area contributed by atoms with Crippen LogP contribution < -0.4 is 0 Å². The van der Waals surface area contributed by atoms with E-state index in [4.69, 9.17) is 5.11 Å². The van der Waals surface area contributed by atoms with Gasteiger partial charge in [-0.15, -0.1) is 0 Å². The van der Waals surface area contributed by atoms with Crippen LogP contribution in [0.1, 0.15) is 58.3 Å². The molecule has 2 heteroatoms. The lowest BCUT2D eigenvalue weighted by molar-refractivity contribution is -0.131. The lowest BCUT2D eigenvalue weighted by Gasteiger charge is -1.98. The molecule has 0 bridgehead atoms. The second-order valence-corrected chi connectivity index (χ2v) is 5.19. The van der Waals surface area contributed by atoms with Crippen LogP contribution in [-0.2, 0) is 4.79 Å². The quantitative estimate of drug-likeness (QED) is 0.258. The van der Waals surface area contributed by atoms with Crippen LogP contribution in [0.25, 0.3) is 0 Å². The van der Waals surface area contributed by atoms with Crippen molar-refractivity contribution in [3.63, 3.8) is 0 Å². The zero-order valence-corrected chi connectivity index (χ0v) is 13.8. The van der Waals surface area contributed by atoms with Gasteiger partial charge in [-0.2, -0.15) is 0 Å². The highest BCUT2D eigenvalue weighted by Crippen LogP contribution is 2.08. The van der Waals surface area contributed by atoms with Crippen molar-refractivity contribution >= 4 is 5.97 Å². The maximum atomic E-state index is 10.2. The molecule has 122 valence electrons. The predicted molar refractivity (Wildman–Crippen MR) is 95.9 cm³/mol. The highest BCUT2D eigenvalue weighted by Gasteiger charge is 1.88. The Morgan fingerprint density at radius 3 is 1.82 bits per heavy atom. The first-order valence-corrected chi connectivity index (χ1v) is 8.33. The highest BCUT2D eigenvalue weighted by molar-refractivity contribution is 5.80. The number of hydrogen-bond acceptors (Lipinski definition) is 1. The Balaban J connectivity index is 3.50. The van der Waals surface area contributed by atoms with Crippen molar-refractivity contribution in [1.82, 2.24) is 0 Å². The van der Waals surface area contributed by atoms with Crippen molar-refractivity contribution < 1.29 is 9.90 Å². The fourth-order valence-electron chi connectivity index (χ4n) is 1.92.